The van der Waals surface area contributed by atoms with Crippen LogP contribution in [0.4, 0.5) is 11.4 Å². The van der Waals surface area contributed by atoms with E-state index in [9.17, 15) is 0 Å². The highest BCUT2D eigenvalue weighted by atomic mass is 32.1. The Morgan fingerprint density at radius 2 is 1.02 bits per heavy atom. The molecule has 1 atom stereocenters. The summed E-state index contributed by atoms with van der Waals surface area (Å²) >= 11 is 1.91. The first-order valence-electron chi connectivity index (χ1n) is 19.9. The number of thiophene rings is 1. The average Bonchev–Trinajstić information content (AvgIpc) is 3.83. The summed E-state index contributed by atoms with van der Waals surface area (Å²) in [7, 11) is 0. The molecule has 1 unspecified atom stereocenters. The van der Waals surface area contributed by atoms with Crippen LogP contribution in [0.15, 0.2) is 218 Å². The molecule has 8 aromatic carbocycles. The van der Waals surface area contributed by atoms with Crippen molar-refractivity contribution >= 4 is 48.5 Å². The topological polar surface area (TPSA) is 3.24 Å². The summed E-state index contributed by atoms with van der Waals surface area (Å²) in [4.78, 5) is 2.55. The largest absolute Gasteiger partial charge is 0.333 e. The average molecular weight is 746 g/mol. The third kappa shape index (κ3) is 5.36. The van der Waals surface area contributed by atoms with Crippen molar-refractivity contribution < 1.29 is 0 Å². The highest BCUT2D eigenvalue weighted by molar-refractivity contribution is 7.27. The van der Waals surface area contributed by atoms with Crippen LogP contribution in [-0.2, 0) is 5.41 Å². The van der Waals surface area contributed by atoms with Crippen molar-refractivity contribution in [3.63, 3.8) is 0 Å². The molecule has 11 rings (SSSR count). The van der Waals surface area contributed by atoms with Gasteiger partial charge in [-0.05, 0) is 80.3 Å². The van der Waals surface area contributed by atoms with Crippen molar-refractivity contribution in [1.29, 1.82) is 0 Å². The number of allylic oxidation sites excluding steroid dienone is 2. The van der Waals surface area contributed by atoms with Crippen LogP contribution in [0.5, 0.6) is 0 Å². The number of rotatable bonds is 7. The minimum atomic E-state index is -0.388. The maximum atomic E-state index is 2.55. The lowest BCUT2D eigenvalue weighted by Gasteiger charge is -2.34. The number of hydrogen-bond donors (Lipinski definition) is 0. The highest BCUT2D eigenvalue weighted by Gasteiger charge is 2.45. The Bertz CT molecular complexity index is 2930. The summed E-state index contributed by atoms with van der Waals surface area (Å²) in [5, 5.41) is 2.62. The lowest BCUT2D eigenvalue weighted by atomic mass is 9.67. The number of hydrogen-bond acceptors (Lipinski definition) is 2. The van der Waals surface area contributed by atoms with Gasteiger partial charge in [0, 0.05) is 21.2 Å². The summed E-state index contributed by atoms with van der Waals surface area (Å²) in [5.41, 5.74) is 15.0. The van der Waals surface area contributed by atoms with Crippen LogP contribution in [0.25, 0.3) is 48.0 Å². The fourth-order valence-electron chi connectivity index (χ4n) is 9.58. The second-order valence-corrected chi connectivity index (χ2v) is 16.1. The van der Waals surface area contributed by atoms with E-state index in [2.05, 4.69) is 223 Å². The Hall–Kier alpha value is -6.74. The van der Waals surface area contributed by atoms with Gasteiger partial charge in [0.05, 0.1) is 21.8 Å². The lowest BCUT2D eigenvalue weighted by Crippen LogP contribution is -2.30. The molecule has 9 aromatic rings. The zero-order chi connectivity index (χ0) is 37.8. The minimum absolute atomic E-state index is 0.160. The maximum absolute atomic E-state index is 2.55. The van der Waals surface area contributed by atoms with Gasteiger partial charge in [0.25, 0.3) is 0 Å². The van der Waals surface area contributed by atoms with Gasteiger partial charge in [-0.15, -0.1) is 11.3 Å². The normalized spacial score (nSPS) is 15.3. The third-order valence-corrected chi connectivity index (χ3v) is 13.4. The second kappa shape index (κ2) is 13.8. The summed E-state index contributed by atoms with van der Waals surface area (Å²) < 4.78 is 2.66. The monoisotopic (exact) mass is 745 g/mol. The first-order valence-corrected chi connectivity index (χ1v) is 20.7. The summed E-state index contributed by atoms with van der Waals surface area (Å²) in [6, 6.07) is 73.8. The van der Waals surface area contributed by atoms with Crippen molar-refractivity contribution in [3.8, 4) is 22.3 Å². The van der Waals surface area contributed by atoms with Crippen LogP contribution < -0.4 is 4.90 Å². The Morgan fingerprint density at radius 3 is 1.68 bits per heavy atom. The molecule has 57 heavy (non-hydrogen) atoms. The molecule has 0 spiro atoms. The number of fused-ring (bicyclic) bond motifs is 6. The van der Waals surface area contributed by atoms with Gasteiger partial charge in [-0.25, -0.2) is 0 Å². The molecule has 1 heterocycles. The molecule has 0 saturated carbocycles. The van der Waals surface area contributed by atoms with Crippen LogP contribution in [0.2, 0.25) is 0 Å². The van der Waals surface area contributed by atoms with Gasteiger partial charge in [0.1, 0.15) is 0 Å². The lowest BCUT2D eigenvalue weighted by molar-refractivity contribution is 0.768. The predicted octanol–water partition coefficient (Wildman–Crippen LogP) is 14.6. The fraction of sp³-hybridized carbons (Fsp3) is 0.0545. The van der Waals surface area contributed by atoms with Gasteiger partial charge in [-0.1, -0.05) is 200 Å². The van der Waals surface area contributed by atoms with Crippen LogP contribution in [0.1, 0.15) is 34.2 Å². The van der Waals surface area contributed by atoms with Gasteiger partial charge < -0.3 is 4.90 Å². The van der Waals surface area contributed by atoms with Crippen molar-refractivity contribution in [2.24, 2.45) is 0 Å². The van der Waals surface area contributed by atoms with Crippen molar-refractivity contribution in [2.75, 3.05) is 4.90 Å². The van der Waals surface area contributed by atoms with Crippen LogP contribution in [0, 0.1) is 0 Å². The van der Waals surface area contributed by atoms with Crippen molar-refractivity contribution in [1.82, 2.24) is 0 Å². The summed E-state index contributed by atoms with van der Waals surface area (Å²) in [6.45, 7) is 0. The van der Waals surface area contributed by atoms with E-state index in [1.807, 2.05) is 11.3 Å². The molecule has 1 nitrogen and oxygen atoms in total. The van der Waals surface area contributed by atoms with E-state index < -0.39 is 0 Å². The van der Waals surface area contributed by atoms with Gasteiger partial charge in [0.15, 0.2) is 0 Å². The maximum Gasteiger partial charge on any atom is 0.0713 e. The van der Waals surface area contributed by atoms with Crippen LogP contribution in [0.3, 0.4) is 0 Å². The van der Waals surface area contributed by atoms with E-state index in [-0.39, 0.29) is 11.5 Å². The van der Waals surface area contributed by atoms with Crippen molar-refractivity contribution in [2.45, 2.75) is 17.9 Å². The minimum Gasteiger partial charge on any atom is -0.333 e. The van der Waals surface area contributed by atoms with E-state index in [1.165, 1.54) is 87.2 Å². The number of para-hydroxylation sites is 1. The van der Waals surface area contributed by atoms with E-state index in [0.29, 0.717) is 0 Å². The zero-order valence-electron chi connectivity index (χ0n) is 31.4. The van der Waals surface area contributed by atoms with Crippen LogP contribution >= 0.6 is 11.3 Å². The molecule has 0 saturated heterocycles. The Balaban J connectivity index is 0.964. The Morgan fingerprint density at radius 1 is 0.456 bits per heavy atom. The smallest absolute Gasteiger partial charge is 0.0713 e. The summed E-state index contributed by atoms with van der Waals surface area (Å²) in [5.74, 6) is 0. The van der Waals surface area contributed by atoms with Gasteiger partial charge in [-0.2, -0.15) is 0 Å². The van der Waals surface area contributed by atoms with E-state index in [0.717, 1.165) is 6.42 Å². The van der Waals surface area contributed by atoms with E-state index in [1.54, 1.807) is 0 Å². The van der Waals surface area contributed by atoms with E-state index >= 15 is 0 Å². The predicted molar refractivity (Wildman–Crippen MR) is 243 cm³/mol. The zero-order valence-corrected chi connectivity index (χ0v) is 32.2. The molecular formula is C55H39NS. The molecular weight excluding hydrogens is 707 g/mol. The molecule has 1 aromatic heterocycles. The molecule has 270 valence electrons. The number of benzene rings is 8. The molecule has 0 N–H and O–H groups in total. The molecule has 0 radical (unpaired) electrons. The summed E-state index contributed by atoms with van der Waals surface area (Å²) in [6.07, 6.45) is 8.08. The van der Waals surface area contributed by atoms with E-state index in [4.69, 9.17) is 0 Å². The molecule has 0 fully saturated rings. The molecule has 0 bridgehead atoms. The molecule has 2 aliphatic rings. The third-order valence-electron chi connectivity index (χ3n) is 12.1. The Kier molecular flexibility index (Phi) is 8.12. The standard InChI is InChI=1S/C55H39NS/c1-4-16-40(17-5-1)45-24-14-25-48-49-26-15-29-52(54(49)57-53(45)48)56(43-20-8-3-9-21-43)44-36-32-39(33-37-44)38-30-34-42(35-31-38)55(41-18-6-2-7-19-41)50-27-12-10-22-46(50)47-23-11-13-28-51(47)55/h1-36,44H,37H2. The molecule has 0 aliphatic heterocycles. The number of anilines is 2. The van der Waals surface area contributed by atoms with Gasteiger partial charge in [-0.3, -0.25) is 0 Å². The van der Waals surface area contributed by atoms with Crippen LogP contribution in [-0.4, -0.2) is 6.04 Å². The molecule has 2 aliphatic carbocycles. The first kappa shape index (κ1) is 33.6. The first-order chi connectivity index (χ1) is 28.3. The SMILES string of the molecule is C1=CC(N(c2ccccc2)c2cccc3c2sc2c(-c4ccccc4)cccc23)CC=C1c1ccc(C2(c3ccccc3)c3ccccc3-c3ccccc32)cc1. The van der Waals surface area contributed by atoms with Crippen molar-refractivity contribution in [3.05, 3.63) is 246 Å². The fourth-order valence-corrected chi connectivity index (χ4v) is 10.9. The molecule has 2 heteroatoms. The van der Waals surface area contributed by atoms with Gasteiger partial charge in [0.2, 0.25) is 0 Å². The second-order valence-electron chi connectivity index (χ2n) is 15.1. The Labute approximate surface area is 338 Å². The molecule has 0 amide bonds. The number of nitrogens with zero attached hydrogens (tertiary/aromatic N) is 1. The highest BCUT2D eigenvalue weighted by Crippen LogP contribution is 2.56. The quantitative estimate of drug-likeness (QED) is 0.157. The van der Waals surface area contributed by atoms with Gasteiger partial charge >= 0.3 is 0 Å².